The summed E-state index contributed by atoms with van der Waals surface area (Å²) in [5.74, 6) is 2.23. The van der Waals surface area contributed by atoms with Crippen LogP contribution in [0.25, 0.3) is 11.3 Å². The highest BCUT2D eigenvalue weighted by atomic mass is 16.5. The molecule has 4 aromatic rings. The van der Waals surface area contributed by atoms with Gasteiger partial charge in [0.25, 0.3) is 5.91 Å². The molecule has 1 atom stereocenters. The maximum absolute atomic E-state index is 13.2. The molecule has 1 aliphatic heterocycles. The molecule has 1 aromatic carbocycles. The monoisotopic (exact) mass is 455 g/mol. The summed E-state index contributed by atoms with van der Waals surface area (Å²) in [7, 11) is 1.66. The van der Waals surface area contributed by atoms with Crippen LogP contribution in [-0.2, 0) is 6.42 Å². The summed E-state index contributed by atoms with van der Waals surface area (Å²) in [5.41, 5.74) is 2.90. The van der Waals surface area contributed by atoms with Crippen molar-refractivity contribution < 1.29 is 13.9 Å². The summed E-state index contributed by atoms with van der Waals surface area (Å²) < 4.78 is 11.5. The third-order valence-electron chi connectivity index (χ3n) is 6.01. The van der Waals surface area contributed by atoms with Crippen LogP contribution in [0, 0.1) is 0 Å². The van der Waals surface area contributed by atoms with Crippen LogP contribution in [0.1, 0.15) is 46.5 Å². The number of hydrogen-bond acceptors (Lipinski definition) is 7. The molecule has 1 amide bonds. The molecule has 8 heteroatoms. The topological polar surface area (TPSA) is 94.2 Å². The predicted molar refractivity (Wildman–Crippen MR) is 125 cm³/mol. The zero-order valence-electron chi connectivity index (χ0n) is 18.9. The molecule has 8 nitrogen and oxygen atoms in total. The molecule has 5 rings (SSSR count). The number of carbonyl (C=O) groups excluding carboxylic acids is 1. The number of rotatable bonds is 6. The molecule has 0 aliphatic carbocycles. The fraction of sp³-hybridized carbons (Fsp3) is 0.269. The van der Waals surface area contributed by atoms with E-state index in [2.05, 4.69) is 19.9 Å². The molecule has 0 spiro atoms. The number of para-hydroxylation sites is 1. The van der Waals surface area contributed by atoms with Gasteiger partial charge < -0.3 is 14.1 Å². The van der Waals surface area contributed by atoms with E-state index in [0.29, 0.717) is 36.8 Å². The van der Waals surface area contributed by atoms with Crippen LogP contribution < -0.4 is 4.74 Å². The second kappa shape index (κ2) is 9.82. The lowest BCUT2D eigenvalue weighted by Gasteiger charge is -2.31. The average molecular weight is 456 g/mol. The van der Waals surface area contributed by atoms with Crippen molar-refractivity contribution >= 4 is 5.91 Å². The lowest BCUT2D eigenvalue weighted by Crippen LogP contribution is -2.39. The minimum atomic E-state index is -0.0933. The van der Waals surface area contributed by atoms with Crippen molar-refractivity contribution in [3.63, 3.8) is 0 Å². The highest BCUT2D eigenvalue weighted by Crippen LogP contribution is 2.29. The molecule has 3 aromatic heterocycles. The Morgan fingerprint density at radius 1 is 1.12 bits per heavy atom. The number of piperidine rings is 1. The molecular formula is C26H25N5O3. The molecule has 1 aliphatic rings. The molecule has 0 bridgehead atoms. The van der Waals surface area contributed by atoms with E-state index < -0.39 is 0 Å². The SMILES string of the molecule is COc1ccccc1Cc1cnc([C@H]2CCCN(C(=O)c3cccc(-c4cncnc4)n3)C2)o1. The van der Waals surface area contributed by atoms with Crippen molar-refractivity contribution in [2.45, 2.75) is 25.2 Å². The largest absolute Gasteiger partial charge is 0.496 e. The van der Waals surface area contributed by atoms with Gasteiger partial charge in [0.15, 0.2) is 5.89 Å². The third-order valence-corrected chi connectivity index (χ3v) is 6.01. The zero-order valence-corrected chi connectivity index (χ0v) is 18.9. The molecule has 0 N–H and O–H groups in total. The van der Waals surface area contributed by atoms with Gasteiger partial charge in [-0.1, -0.05) is 24.3 Å². The second-order valence-corrected chi connectivity index (χ2v) is 8.28. The van der Waals surface area contributed by atoms with Gasteiger partial charge in [0.1, 0.15) is 23.5 Å². The first-order valence-corrected chi connectivity index (χ1v) is 11.3. The van der Waals surface area contributed by atoms with Gasteiger partial charge in [-0.15, -0.1) is 0 Å². The standard InChI is InChI=1S/C26H25N5O3/c1-33-24-10-3-2-6-18(24)12-21-15-29-25(34-21)19-7-5-11-31(16-19)26(32)23-9-4-8-22(30-23)20-13-27-17-28-14-20/h2-4,6,8-10,13-15,17,19H,5,7,11-12,16H2,1H3/t19-/m0/s1. The van der Waals surface area contributed by atoms with Gasteiger partial charge in [-0.3, -0.25) is 4.79 Å². The van der Waals surface area contributed by atoms with E-state index in [4.69, 9.17) is 9.15 Å². The molecule has 0 unspecified atom stereocenters. The van der Waals surface area contributed by atoms with Gasteiger partial charge in [-0.05, 0) is 31.0 Å². The second-order valence-electron chi connectivity index (χ2n) is 8.28. The molecule has 34 heavy (non-hydrogen) atoms. The number of aromatic nitrogens is 4. The number of ether oxygens (including phenoxy) is 1. The number of methoxy groups -OCH3 is 1. The Balaban J connectivity index is 1.29. The lowest BCUT2D eigenvalue weighted by molar-refractivity contribution is 0.0692. The fourth-order valence-electron chi connectivity index (χ4n) is 4.30. The number of amides is 1. The van der Waals surface area contributed by atoms with Gasteiger partial charge in [0.05, 0.1) is 24.9 Å². The molecular weight excluding hydrogens is 430 g/mol. The van der Waals surface area contributed by atoms with Crippen LogP contribution in [0.2, 0.25) is 0 Å². The Morgan fingerprint density at radius 2 is 1.97 bits per heavy atom. The average Bonchev–Trinajstić information content (AvgIpc) is 3.38. The Kier molecular flexibility index (Phi) is 6.29. The Hall–Kier alpha value is -4.07. The van der Waals surface area contributed by atoms with E-state index in [1.54, 1.807) is 31.8 Å². The van der Waals surface area contributed by atoms with E-state index in [-0.39, 0.29) is 11.8 Å². The minimum Gasteiger partial charge on any atom is -0.496 e. The Morgan fingerprint density at radius 3 is 2.82 bits per heavy atom. The summed E-state index contributed by atoms with van der Waals surface area (Å²) in [5, 5.41) is 0. The van der Waals surface area contributed by atoms with Gasteiger partial charge in [0.2, 0.25) is 0 Å². The van der Waals surface area contributed by atoms with Crippen LogP contribution in [0.5, 0.6) is 5.75 Å². The fourth-order valence-corrected chi connectivity index (χ4v) is 4.30. The number of nitrogens with zero attached hydrogens (tertiary/aromatic N) is 5. The summed E-state index contributed by atoms with van der Waals surface area (Å²) in [6.45, 7) is 1.23. The van der Waals surface area contributed by atoms with Gasteiger partial charge >= 0.3 is 0 Å². The van der Waals surface area contributed by atoms with Crippen molar-refractivity contribution in [1.82, 2.24) is 24.8 Å². The van der Waals surface area contributed by atoms with Crippen LogP contribution in [-0.4, -0.2) is 50.9 Å². The van der Waals surface area contributed by atoms with E-state index in [1.165, 1.54) is 6.33 Å². The quantitative estimate of drug-likeness (QED) is 0.431. The van der Waals surface area contributed by atoms with E-state index in [9.17, 15) is 4.79 Å². The van der Waals surface area contributed by atoms with Crippen molar-refractivity contribution in [2.24, 2.45) is 0 Å². The zero-order chi connectivity index (χ0) is 23.3. The lowest BCUT2D eigenvalue weighted by atomic mass is 9.97. The predicted octanol–water partition coefficient (Wildman–Crippen LogP) is 4.15. The van der Waals surface area contributed by atoms with Crippen molar-refractivity contribution in [3.05, 3.63) is 90.3 Å². The normalized spacial score (nSPS) is 15.8. The first-order valence-electron chi connectivity index (χ1n) is 11.3. The maximum atomic E-state index is 13.2. The summed E-state index contributed by atoms with van der Waals surface area (Å²) in [6, 6.07) is 13.3. The Bertz CT molecular complexity index is 1270. The molecule has 1 saturated heterocycles. The smallest absolute Gasteiger partial charge is 0.272 e. The number of hydrogen-bond donors (Lipinski definition) is 0. The van der Waals surface area contributed by atoms with Crippen LogP contribution in [0.4, 0.5) is 0 Å². The Labute approximate surface area is 197 Å². The number of likely N-dealkylation sites (tertiary alicyclic amines) is 1. The number of benzene rings is 1. The molecule has 172 valence electrons. The first kappa shape index (κ1) is 21.8. The maximum Gasteiger partial charge on any atom is 0.272 e. The number of carbonyl (C=O) groups is 1. The summed E-state index contributed by atoms with van der Waals surface area (Å²) >= 11 is 0. The van der Waals surface area contributed by atoms with Crippen molar-refractivity contribution in [3.8, 4) is 17.0 Å². The molecule has 0 radical (unpaired) electrons. The summed E-state index contributed by atoms with van der Waals surface area (Å²) in [6.07, 6.45) is 9.02. The van der Waals surface area contributed by atoms with E-state index >= 15 is 0 Å². The van der Waals surface area contributed by atoms with Crippen LogP contribution in [0.15, 0.2) is 71.8 Å². The molecule has 4 heterocycles. The molecule has 0 saturated carbocycles. The van der Waals surface area contributed by atoms with Crippen molar-refractivity contribution in [2.75, 3.05) is 20.2 Å². The van der Waals surface area contributed by atoms with Gasteiger partial charge in [-0.2, -0.15) is 0 Å². The van der Waals surface area contributed by atoms with Crippen molar-refractivity contribution in [1.29, 1.82) is 0 Å². The number of oxazole rings is 1. The minimum absolute atomic E-state index is 0.0508. The molecule has 1 fully saturated rings. The third kappa shape index (κ3) is 4.66. The van der Waals surface area contributed by atoms with Gasteiger partial charge in [-0.25, -0.2) is 19.9 Å². The first-order chi connectivity index (χ1) is 16.7. The summed E-state index contributed by atoms with van der Waals surface area (Å²) in [4.78, 5) is 32.3. The highest BCUT2D eigenvalue weighted by molar-refractivity contribution is 5.93. The van der Waals surface area contributed by atoms with Crippen LogP contribution >= 0.6 is 0 Å². The highest BCUT2D eigenvalue weighted by Gasteiger charge is 2.29. The number of pyridine rings is 1. The van der Waals surface area contributed by atoms with E-state index in [1.807, 2.05) is 41.3 Å². The van der Waals surface area contributed by atoms with Crippen LogP contribution in [0.3, 0.4) is 0 Å². The van der Waals surface area contributed by atoms with E-state index in [0.717, 1.165) is 35.5 Å². The van der Waals surface area contributed by atoms with Gasteiger partial charge in [0, 0.05) is 43.0 Å².